The summed E-state index contributed by atoms with van der Waals surface area (Å²) in [5.74, 6) is 0.724. The molecule has 0 aliphatic rings. The Morgan fingerprint density at radius 1 is 1.21 bits per heavy atom. The van der Waals surface area contributed by atoms with E-state index < -0.39 is 10.0 Å². The first-order chi connectivity index (χ1) is 13.5. The molecular formula is C20H25N3O3S2. The van der Waals surface area contributed by atoms with Crippen molar-refractivity contribution in [3.8, 4) is 5.75 Å². The van der Waals surface area contributed by atoms with Gasteiger partial charge in [0, 0.05) is 42.5 Å². The van der Waals surface area contributed by atoms with Crippen molar-refractivity contribution in [2.45, 2.75) is 37.6 Å². The van der Waals surface area contributed by atoms with Gasteiger partial charge in [0.1, 0.15) is 9.96 Å². The van der Waals surface area contributed by atoms with Gasteiger partial charge in [-0.1, -0.05) is 18.2 Å². The molecule has 0 aliphatic heterocycles. The topological polar surface area (TPSA) is 64.4 Å². The summed E-state index contributed by atoms with van der Waals surface area (Å²) in [5.41, 5.74) is 0.865. The average molecular weight is 420 g/mol. The second kappa shape index (κ2) is 9.36. The second-order valence-corrected chi connectivity index (χ2v) is 9.85. The van der Waals surface area contributed by atoms with Crippen LogP contribution in [-0.2, 0) is 23.1 Å². The Bertz CT molecular complexity index is 982. The van der Waals surface area contributed by atoms with Gasteiger partial charge in [-0.25, -0.2) is 13.4 Å². The molecule has 0 saturated heterocycles. The van der Waals surface area contributed by atoms with Crippen LogP contribution in [0.1, 0.15) is 23.8 Å². The normalized spacial score (nSPS) is 11.8. The summed E-state index contributed by atoms with van der Waals surface area (Å²) in [6, 6.07) is 11.1. The fourth-order valence-electron chi connectivity index (χ4n) is 2.93. The van der Waals surface area contributed by atoms with Crippen molar-refractivity contribution in [1.82, 2.24) is 13.9 Å². The van der Waals surface area contributed by atoms with Crippen molar-refractivity contribution in [2.24, 2.45) is 0 Å². The number of ether oxygens (including phenoxy) is 1. The first kappa shape index (κ1) is 20.6. The lowest BCUT2D eigenvalue weighted by Crippen LogP contribution is -2.32. The van der Waals surface area contributed by atoms with Gasteiger partial charge in [0.2, 0.25) is 0 Å². The number of para-hydroxylation sites is 1. The second-order valence-electron chi connectivity index (χ2n) is 6.40. The van der Waals surface area contributed by atoms with Crippen LogP contribution in [0.25, 0.3) is 0 Å². The zero-order chi connectivity index (χ0) is 20.0. The van der Waals surface area contributed by atoms with Crippen LogP contribution in [0.2, 0.25) is 0 Å². The van der Waals surface area contributed by atoms with E-state index >= 15 is 0 Å². The molecule has 0 saturated carbocycles. The standard InChI is InChI=1S/C20H25N3O3S2/c1-3-26-19-8-5-4-7-18(19)15-23(13-6-12-22-14-11-21-16-22)28(24,25)20-10-9-17(2)27-20/h4-5,7-11,14,16H,3,6,12-13,15H2,1-2H3. The maximum absolute atomic E-state index is 13.3. The van der Waals surface area contributed by atoms with Gasteiger partial charge in [0.05, 0.1) is 12.9 Å². The van der Waals surface area contributed by atoms with E-state index in [4.69, 9.17) is 4.74 Å². The van der Waals surface area contributed by atoms with Gasteiger partial charge in [-0.2, -0.15) is 4.31 Å². The summed E-state index contributed by atoms with van der Waals surface area (Å²) in [6.07, 6.45) is 6.04. The number of nitrogens with zero attached hydrogens (tertiary/aromatic N) is 3. The Hall–Kier alpha value is -2.16. The van der Waals surface area contributed by atoms with Crippen molar-refractivity contribution < 1.29 is 13.2 Å². The minimum absolute atomic E-state index is 0.277. The van der Waals surface area contributed by atoms with Gasteiger partial charge in [-0.05, 0) is 38.5 Å². The minimum atomic E-state index is -3.58. The first-order valence-corrected chi connectivity index (χ1v) is 11.5. The predicted octanol–water partition coefficient (Wildman–Crippen LogP) is 3.93. The molecular weight excluding hydrogens is 394 g/mol. The summed E-state index contributed by atoms with van der Waals surface area (Å²) < 4.78 is 36.1. The van der Waals surface area contributed by atoms with Crippen LogP contribution in [0.4, 0.5) is 0 Å². The zero-order valence-electron chi connectivity index (χ0n) is 16.1. The van der Waals surface area contributed by atoms with Crippen LogP contribution in [0.5, 0.6) is 5.75 Å². The van der Waals surface area contributed by atoms with E-state index in [-0.39, 0.29) is 6.54 Å². The van der Waals surface area contributed by atoms with E-state index in [0.29, 0.717) is 30.3 Å². The Morgan fingerprint density at radius 2 is 2.04 bits per heavy atom. The van der Waals surface area contributed by atoms with Crippen molar-refractivity contribution >= 4 is 21.4 Å². The monoisotopic (exact) mass is 419 g/mol. The Morgan fingerprint density at radius 3 is 2.71 bits per heavy atom. The van der Waals surface area contributed by atoms with Crippen molar-refractivity contribution in [2.75, 3.05) is 13.2 Å². The molecule has 2 aromatic heterocycles. The van der Waals surface area contributed by atoms with E-state index in [1.54, 1.807) is 22.9 Å². The van der Waals surface area contributed by atoms with Crippen molar-refractivity contribution in [3.05, 3.63) is 65.6 Å². The van der Waals surface area contributed by atoms with Gasteiger partial charge in [-0.3, -0.25) is 0 Å². The smallest absolute Gasteiger partial charge is 0.252 e. The lowest BCUT2D eigenvalue weighted by molar-refractivity contribution is 0.327. The van der Waals surface area contributed by atoms with Crippen LogP contribution in [-0.4, -0.2) is 35.4 Å². The fourth-order valence-corrected chi connectivity index (χ4v) is 5.83. The summed E-state index contributed by atoms with van der Waals surface area (Å²) in [7, 11) is -3.58. The highest BCUT2D eigenvalue weighted by Crippen LogP contribution is 2.28. The van der Waals surface area contributed by atoms with Crippen LogP contribution in [0.15, 0.2) is 59.3 Å². The highest BCUT2D eigenvalue weighted by Gasteiger charge is 2.26. The van der Waals surface area contributed by atoms with E-state index in [1.165, 1.54) is 11.3 Å². The van der Waals surface area contributed by atoms with Gasteiger partial charge in [0.25, 0.3) is 10.0 Å². The molecule has 0 N–H and O–H groups in total. The Balaban J connectivity index is 1.83. The molecule has 8 heteroatoms. The molecule has 0 aliphatic carbocycles. The molecule has 3 aromatic rings. The maximum atomic E-state index is 13.3. The third kappa shape index (κ3) is 5.01. The number of sulfonamides is 1. The number of imidazole rings is 1. The molecule has 28 heavy (non-hydrogen) atoms. The van der Waals surface area contributed by atoms with E-state index in [1.807, 2.05) is 54.9 Å². The highest BCUT2D eigenvalue weighted by molar-refractivity contribution is 7.91. The molecule has 0 radical (unpaired) electrons. The summed E-state index contributed by atoms with van der Waals surface area (Å²) >= 11 is 1.30. The minimum Gasteiger partial charge on any atom is -0.494 e. The van der Waals surface area contributed by atoms with E-state index in [0.717, 1.165) is 16.2 Å². The van der Waals surface area contributed by atoms with Gasteiger partial charge in [0.15, 0.2) is 0 Å². The molecule has 6 nitrogen and oxygen atoms in total. The molecule has 0 fully saturated rings. The lowest BCUT2D eigenvalue weighted by atomic mass is 10.2. The Kier molecular flexibility index (Phi) is 6.88. The third-order valence-electron chi connectivity index (χ3n) is 4.31. The van der Waals surface area contributed by atoms with Gasteiger partial charge < -0.3 is 9.30 Å². The lowest BCUT2D eigenvalue weighted by Gasteiger charge is -2.23. The molecule has 0 bridgehead atoms. The molecule has 150 valence electrons. The van der Waals surface area contributed by atoms with E-state index in [2.05, 4.69) is 4.98 Å². The number of hydrogen-bond acceptors (Lipinski definition) is 5. The Labute approximate surface area is 170 Å². The van der Waals surface area contributed by atoms with Crippen LogP contribution in [0, 0.1) is 6.92 Å². The van der Waals surface area contributed by atoms with Crippen molar-refractivity contribution in [1.29, 1.82) is 0 Å². The quantitative estimate of drug-likeness (QED) is 0.499. The van der Waals surface area contributed by atoms with Crippen LogP contribution in [0.3, 0.4) is 0 Å². The zero-order valence-corrected chi connectivity index (χ0v) is 17.7. The third-order valence-corrected chi connectivity index (χ3v) is 7.63. The summed E-state index contributed by atoms with van der Waals surface area (Å²) in [6.45, 7) is 5.77. The summed E-state index contributed by atoms with van der Waals surface area (Å²) in [4.78, 5) is 5.01. The molecule has 0 unspecified atom stereocenters. The number of hydrogen-bond donors (Lipinski definition) is 0. The molecule has 0 amide bonds. The van der Waals surface area contributed by atoms with Crippen LogP contribution < -0.4 is 4.74 Å². The van der Waals surface area contributed by atoms with Crippen molar-refractivity contribution in [3.63, 3.8) is 0 Å². The number of aryl methyl sites for hydroxylation is 2. The largest absolute Gasteiger partial charge is 0.494 e. The summed E-state index contributed by atoms with van der Waals surface area (Å²) in [5, 5.41) is 0. The van der Waals surface area contributed by atoms with Gasteiger partial charge in [-0.15, -0.1) is 11.3 Å². The van der Waals surface area contributed by atoms with Crippen LogP contribution >= 0.6 is 11.3 Å². The predicted molar refractivity (Wildman–Crippen MR) is 111 cm³/mol. The maximum Gasteiger partial charge on any atom is 0.252 e. The molecule has 2 heterocycles. The molecule has 1 aromatic carbocycles. The number of rotatable bonds is 10. The van der Waals surface area contributed by atoms with Gasteiger partial charge >= 0.3 is 0 Å². The fraction of sp³-hybridized carbons (Fsp3) is 0.350. The SMILES string of the molecule is CCOc1ccccc1CN(CCCn1ccnc1)S(=O)(=O)c1ccc(C)s1. The number of benzene rings is 1. The molecule has 0 atom stereocenters. The first-order valence-electron chi connectivity index (χ1n) is 9.23. The number of thiophene rings is 1. The average Bonchev–Trinajstić information content (AvgIpc) is 3.34. The molecule has 3 rings (SSSR count). The highest BCUT2D eigenvalue weighted by atomic mass is 32.2. The molecule has 0 spiro atoms. The van der Waals surface area contributed by atoms with E-state index in [9.17, 15) is 8.42 Å². The number of aromatic nitrogens is 2.